The van der Waals surface area contributed by atoms with Gasteiger partial charge in [-0.3, -0.25) is 4.79 Å². The van der Waals surface area contributed by atoms with Gasteiger partial charge in [0.25, 0.3) is 0 Å². The molecule has 1 N–H and O–H groups in total. The molecule has 4 heteroatoms. The Kier molecular flexibility index (Phi) is 5.46. The molecule has 20 heavy (non-hydrogen) atoms. The van der Waals surface area contributed by atoms with E-state index in [-0.39, 0.29) is 17.0 Å². The van der Waals surface area contributed by atoms with Crippen molar-refractivity contribution in [3.05, 3.63) is 30.1 Å². The van der Waals surface area contributed by atoms with Gasteiger partial charge >= 0.3 is 0 Å². The lowest BCUT2D eigenvalue weighted by Crippen LogP contribution is -2.44. The van der Waals surface area contributed by atoms with Gasteiger partial charge in [-0.1, -0.05) is 19.8 Å². The lowest BCUT2D eigenvalue weighted by molar-refractivity contribution is -0.121. The Hall–Kier alpha value is -1.03. The van der Waals surface area contributed by atoms with Crippen LogP contribution < -0.4 is 5.32 Å². The molecule has 1 saturated carbocycles. The highest BCUT2D eigenvalue weighted by Crippen LogP contribution is 2.26. The molecule has 0 radical (unpaired) electrons. The molecule has 0 heterocycles. The van der Waals surface area contributed by atoms with Crippen LogP contribution in [0.1, 0.15) is 39.5 Å². The van der Waals surface area contributed by atoms with E-state index in [0.29, 0.717) is 12.0 Å². The van der Waals surface area contributed by atoms with Crippen molar-refractivity contribution in [3.63, 3.8) is 0 Å². The second-order valence-electron chi connectivity index (χ2n) is 5.59. The minimum Gasteiger partial charge on any atom is -0.352 e. The van der Waals surface area contributed by atoms with Crippen molar-refractivity contribution in [3.8, 4) is 0 Å². The van der Waals surface area contributed by atoms with Crippen LogP contribution in [0.15, 0.2) is 29.2 Å². The number of halogens is 1. The third-order valence-electron chi connectivity index (χ3n) is 3.93. The summed E-state index contributed by atoms with van der Waals surface area (Å²) in [7, 11) is 0. The van der Waals surface area contributed by atoms with Gasteiger partial charge in [-0.05, 0) is 49.9 Å². The van der Waals surface area contributed by atoms with Gasteiger partial charge in [0, 0.05) is 10.9 Å². The molecule has 110 valence electrons. The molecule has 0 unspecified atom stereocenters. The van der Waals surface area contributed by atoms with Crippen molar-refractivity contribution >= 4 is 17.7 Å². The second-order valence-corrected chi connectivity index (χ2v) is 7.01. The number of nitrogens with one attached hydrogen (secondary N) is 1. The van der Waals surface area contributed by atoms with Gasteiger partial charge in [-0.2, -0.15) is 0 Å². The Morgan fingerprint density at radius 3 is 2.60 bits per heavy atom. The molecule has 0 saturated heterocycles. The first kappa shape index (κ1) is 15.4. The van der Waals surface area contributed by atoms with E-state index in [4.69, 9.17) is 0 Å². The summed E-state index contributed by atoms with van der Waals surface area (Å²) in [6.07, 6.45) is 4.76. The maximum Gasteiger partial charge on any atom is 0.233 e. The van der Waals surface area contributed by atoms with Crippen molar-refractivity contribution < 1.29 is 9.18 Å². The minimum absolute atomic E-state index is 0.0816. The zero-order chi connectivity index (χ0) is 14.5. The molecule has 0 bridgehead atoms. The molecule has 1 amide bonds. The summed E-state index contributed by atoms with van der Waals surface area (Å²) >= 11 is 1.47. The predicted molar refractivity (Wildman–Crippen MR) is 81.3 cm³/mol. The fourth-order valence-corrected chi connectivity index (χ4v) is 3.48. The fraction of sp³-hybridized carbons (Fsp3) is 0.562. The van der Waals surface area contributed by atoms with E-state index in [9.17, 15) is 9.18 Å². The van der Waals surface area contributed by atoms with Gasteiger partial charge in [0.15, 0.2) is 0 Å². The van der Waals surface area contributed by atoms with Gasteiger partial charge in [0.05, 0.1) is 5.25 Å². The lowest BCUT2D eigenvalue weighted by atomic mass is 9.86. The first-order valence-corrected chi connectivity index (χ1v) is 8.17. The van der Waals surface area contributed by atoms with E-state index >= 15 is 0 Å². The highest BCUT2D eigenvalue weighted by molar-refractivity contribution is 8.00. The molecule has 1 aliphatic carbocycles. The Bertz CT molecular complexity index is 448. The van der Waals surface area contributed by atoms with E-state index < -0.39 is 0 Å². The number of rotatable bonds is 4. The van der Waals surface area contributed by atoms with Crippen molar-refractivity contribution in [2.45, 2.75) is 55.7 Å². The van der Waals surface area contributed by atoms with Crippen LogP contribution in [0.4, 0.5) is 4.39 Å². The lowest BCUT2D eigenvalue weighted by Gasteiger charge is -2.30. The Morgan fingerprint density at radius 2 is 1.95 bits per heavy atom. The minimum atomic E-state index is -0.248. The molecule has 1 aromatic carbocycles. The van der Waals surface area contributed by atoms with Crippen LogP contribution in [-0.2, 0) is 4.79 Å². The first-order valence-electron chi connectivity index (χ1n) is 7.29. The zero-order valence-corrected chi connectivity index (χ0v) is 12.9. The number of hydrogen-bond acceptors (Lipinski definition) is 2. The number of amides is 1. The van der Waals surface area contributed by atoms with Crippen LogP contribution >= 0.6 is 11.8 Å². The van der Waals surface area contributed by atoms with Crippen LogP contribution in [0.25, 0.3) is 0 Å². The molecule has 1 aliphatic rings. The molecule has 0 aromatic heterocycles. The first-order chi connectivity index (χ1) is 9.56. The maximum atomic E-state index is 12.8. The third-order valence-corrected chi connectivity index (χ3v) is 5.05. The summed E-state index contributed by atoms with van der Waals surface area (Å²) in [6, 6.07) is 6.60. The van der Waals surface area contributed by atoms with Crippen LogP contribution in [0.5, 0.6) is 0 Å². The summed E-state index contributed by atoms with van der Waals surface area (Å²) in [5.74, 6) is 0.399. The number of carbonyl (C=O) groups excluding carboxylic acids is 1. The van der Waals surface area contributed by atoms with Crippen molar-refractivity contribution in [2.75, 3.05) is 0 Å². The van der Waals surface area contributed by atoms with E-state index in [0.717, 1.165) is 11.3 Å². The van der Waals surface area contributed by atoms with E-state index in [2.05, 4.69) is 12.2 Å². The summed E-state index contributed by atoms with van der Waals surface area (Å²) in [6.45, 7) is 4.11. The quantitative estimate of drug-likeness (QED) is 0.851. The van der Waals surface area contributed by atoms with Gasteiger partial charge in [-0.25, -0.2) is 4.39 Å². The van der Waals surface area contributed by atoms with Gasteiger partial charge in [-0.15, -0.1) is 11.8 Å². The number of carbonyl (C=O) groups is 1. The SMILES string of the molecule is C[C@@H]1CCCC[C@@H]1NC(=O)[C@@H](C)Sc1ccc(F)cc1. The maximum absolute atomic E-state index is 12.8. The third kappa shape index (κ3) is 4.23. The molecule has 1 aromatic rings. The Morgan fingerprint density at radius 1 is 1.30 bits per heavy atom. The van der Waals surface area contributed by atoms with Gasteiger partial charge < -0.3 is 5.32 Å². The van der Waals surface area contributed by atoms with E-state index in [1.54, 1.807) is 12.1 Å². The molecule has 1 fully saturated rings. The number of hydrogen-bond donors (Lipinski definition) is 1. The van der Waals surface area contributed by atoms with Crippen molar-refractivity contribution in [1.29, 1.82) is 0 Å². The highest BCUT2D eigenvalue weighted by atomic mass is 32.2. The average Bonchev–Trinajstić information content (AvgIpc) is 2.44. The fourth-order valence-electron chi connectivity index (χ4n) is 2.60. The molecule has 2 rings (SSSR count). The standard InChI is InChI=1S/C16H22FNOS/c1-11-5-3-4-6-15(11)18-16(19)12(2)20-14-9-7-13(17)8-10-14/h7-12,15H,3-6H2,1-2H3,(H,18,19)/t11-,12-,15+/m1/s1. The van der Waals surface area contributed by atoms with E-state index in [1.807, 2.05) is 6.92 Å². The normalized spacial score (nSPS) is 24.1. The molecule has 3 atom stereocenters. The van der Waals surface area contributed by atoms with E-state index in [1.165, 1.54) is 43.2 Å². The molecule has 0 spiro atoms. The molecule has 2 nitrogen and oxygen atoms in total. The summed E-state index contributed by atoms with van der Waals surface area (Å²) in [4.78, 5) is 13.1. The molecule has 0 aliphatic heterocycles. The highest BCUT2D eigenvalue weighted by Gasteiger charge is 2.25. The van der Waals surface area contributed by atoms with Crippen LogP contribution in [0.2, 0.25) is 0 Å². The number of benzene rings is 1. The zero-order valence-electron chi connectivity index (χ0n) is 12.1. The summed E-state index contributed by atoms with van der Waals surface area (Å²) in [5, 5.41) is 3.01. The van der Waals surface area contributed by atoms with Crippen molar-refractivity contribution in [1.82, 2.24) is 5.32 Å². The Balaban J connectivity index is 1.86. The van der Waals surface area contributed by atoms with Crippen LogP contribution in [-0.4, -0.2) is 17.2 Å². The number of thioether (sulfide) groups is 1. The van der Waals surface area contributed by atoms with Gasteiger partial charge in [0.1, 0.15) is 5.82 Å². The Labute approximate surface area is 124 Å². The largest absolute Gasteiger partial charge is 0.352 e. The predicted octanol–water partition coefficient (Wildman–Crippen LogP) is 4.00. The molecular formula is C16H22FNOS. The van der Waals surface area contributed by atoms with Crippen LogP contribution in [0, 0.1) is 11.7 Å². The van der Waals surface area contributed by atoms with Crippen LogP contribution in [0.3, 0.4) is 0 Å². The molecular weight excluding hydrogens is 273 g/mol. The smallest absolute Gasteiger partial charge is 0.233 e. The summed E-state index contributed by atoms with van der Waals surface area (Å²) < 4.78 is 12.8. The average molecular weight is 295 g/mol. The topological polar surface area (TPSA) is 29.1 Å². The summed E-state index contributed by atoms with van der Waals surface area (Å²) in [5.41, 5.74) is 0. The monoisotopic (exact) mass is 295 g/mol. The van der Waals surface area contributed by atoms with Crippen molar-refractivity contribution in [2.24, 2.45) is 5.92 Å². The second kappa shape index (κ2) is 7.11. The van der Waals surface area contributed by atoms with Gasteiger partial charge in [0.2, 0.25) is 5.91 Å².